The second-order valence-electron chi connectivity index (χ2n) is 4.84. The van der Waals surface area contributed by atoms with Crippen molar-refractivity contribution in [2.45, 2.75) is 25.7 Å². The summed E-state index contributed by atoms with van der Waals surface area (Å²) in [4.78, 5) is 10.3. The average Bonchev–Trinajstić information content (AvgIpc) is 2.53. The van der Waals surface area contributed by atoms with Crippen molar-refractivity contribution < 1.29 is 4.79 Å². The molecule has 0 aliphatic heterocycles. The van der Waals surface area contributed by atoms with Gasteiger partial charge in [0.15, 0.2) is 0 Å². The zero-order valence-electron chi connectivity index (χ0n) is 11.7. The first-order valence-corrected chi connectivity index (χ1v) is 8.76. The van der Waals surface area contributed by atoms with Gasteiger partial charge in [0.25, 0.3) is 0 Å². The first-order chi connectivity index (χ1) is 9.92. The fourth-order valence-corrected chi connectivity index (χ4v) is 4.72. The molecule has 0 saturated carbocycles. The minimum Gasteiger partial charge on any atom is -0.303 e. The Morgan fingerprint density at radius 2 is 1.30 bits per heavy atom. The highest BCUT2D eigenvalue weighted by Gasteiger charge is 2.12. The first kappa shape index (κ1) is 14.9. The molecule has 0 atom stereocenters. The summed E-state index contributed by atoms with van der Waals surface area (Å²) in [6.45, 7) is 0. The fourth-order valence-electron chi connectivity index (χ4n) is 2.30. The fraction of sp³-hybridized carbons (Fsp3) is 0.278. The Hall–Kier alpha value is -1.46. The molecule has 104 valence electrons. The number of hydrogen-bond donors (Lipinski definition) is 0. The molecule has 0 saturated heterocycles. The van der Waals surface area contributed by atoms with E-state index in [1.54, 1.807) is 0 Å². The largest absolute Gasteiger partial charge is 0.303 e. The second-order valence-corrected chi connectivity index (χ2v) is 7.17. The van der Waals surface area contributed by atoms with E-state index < -0.39 is 0 Å². The highest BCUT2D eigenvalue weighted by Crippen LogP contribution is 2.34. The predicted molar refractivity (Wildman–Crippen MR) is 88.5 cm³/mol. The van der Waals surface area contributed by atoms with E-state index in [2.05, 4.69) is 60.7 Å². The SMILES string of the molecule is O=CCCCCCP(c1ccccc1)c1ccccc1. The molecule has 0 spiro atoms. The van der Waals surface area contributed by atoms with Crippen LogP contribution >= 0.6 is 7.92 Å². The van der Waals surface area contributed by atoms with E-state index in [4.69, 9.17) is 0 Å². The predicted octanol–water partition coefficient (Wildman–Crippen LogP) is 3.88. The van der Waals surface area contributed by atoms with Crippen LogP contribution in [-0.4, -0.2) is 12.4 Å². The van der Waals surface area contributed by atoms with Gasteiger partial charge < -0.3 is 4.79 Å². The van der Waals surface area contributed by atoms with Crippen molar-refractivity contribution in [3.05, 3.63) is 60.7 Å². The zero-order valence-corrected chi connectivity index (χ0v) is 12.6. The molecule has 2 rings (SSSR count). The molecule has 0 bridgehead atoms. The summed E-state index contributed by atoms with van der Waals surface area (Å²) >= 11 is 0. The van der Waals surface area contributed by atoms with E-state index in [1.165, 1.54) is 23.2 Å². The lowest BCUT2D eigenvalue weighted by atomic mass is 10.2. The molecule has 1 nitrogen and oxygen atoms in total. The van der Waals surface area contributed by atoms with Gasteiger partial charge in [0.05, 0.1) is 0 Å². The lowest BCUT2D eigenvalue weighted by Crippen LogP contribution is -2.13. The lowest BCUT2D eigenvalue weighted by Gasteiger charge is -2.18. The third-order valence-electron chi connectivity index (χ3n) is 3.34. The summed E-state index contributed by atoms with van der Waals surface area (Å²) in [7, 11) is -0.260. The molecule has 0 heterocycles. The van der Waals surface area contributed by atoms with Gasteiger partial charge in [0, 0.05) is 6.42 Å². The van der Waals surface area contributed by atoms with Crippen LogP contribution in [0.4, 0.5) is 0 Å². The molecule has 2 aromatic carbocycles. The Balaban J connectivity index is 2.03. The van der Waals surface area contributed by atoms with E-state index in [0.29, 0.717) is 6.42 Å². The normalized spacial score (nSPS) is 10.7. The summed E-state index contributed by atoms with van der Waals surface area (Å²) in [6, 6.07) is 21.6. The summed E-state index contributed by atoms with van der Waals surface area (Å²) in [5.41, 5.74) is 0. The first-order valence-electron chi connectivity index (χ1n) is 7.23. The van der Waals surface area contributed by atoms with Gasteiger partial charge in [-0.25, -0.2) is 0 Å². The summed E-state index contributed by atoms with van der Waals surface area (Å²) in [5, 5.41) is 2.90. The Labute approximate surface area is 122 Å². The van der Waals surface area contributed by atoms with Gasteiger partial charge in [-0.05, 0) is 37.5 Å². The van der Waals surface area contributed by atoms with Crippen LogP contribution in [0.3, 0.4) is 0 Å². The third-order valence-corrected chi connectivity index (χ3v) is 5.95. The molecule has 0 N–H and O–H groups in total. The van der Waals surface area contributed by atoms with Crippen molar-refractivity contribution in [2.75, 3.05) is 6.16 Å². The zero-order chi connectivity index (χ0) is 14.0. The van der Waals surface area contributed by atoms with Crippen molar-refractivity contribution in [3.8, 4) is 0 Å². The summed E-state index contributed by atoms with van der Waals surface area (Å²) < 4.78 is 0. The molecule has 20 heavy (non-hydrogen) atoms. The Morgan fingerprint density at radius 3 is 1.80 bits per heavy atom. The second kappa shape index (κ2) is 8.66. The number of unbranched alkanes of at least 4 members (excludes halogenated alkanes) is 3. The minimum atomic E-state index is -0.260. The Kier molecular flexibility index (Phi) is 6.47. The van der Waals surface area contributed by atoms with Crippen LogP contribution in [0, 0.1) is 0 Å². The van der Waals surface area contributed by atoms with Gasteiger partial charge >= 0.3 is 0 Å². The van der Waals surface area contributed by atoms with Crippen LogP contribution in [0.2, 0.25) is 0 Å². The maximum absolute atomic E-state index is 10.3. The van der Waals surface area contributed by atoms with Crippen molar-refractivity contribution in [1.82, 2.24) is 0 Å². The molecule has 2 aromatic rings. The Bertz CT molecular complexity index is 456. The lowest BCUT2D eigenvalue weighted by molar-refractivity contribution is -0.107. The van der Waals surface area contributed by atoms with Crippen molar-refractivity contribution in [3.63, 3.8) is 0 Å². The molecular weight excluding hydrogens is 263 g/mol. The van der Waals surface area contributed by atoms with Crippen molar-refractivity contribution >= 4 is 24.8 Å². The van der Waals surface area contributed by atoms with E-state index >= 15 is 0 Å². The van der Waals surface area contributed by atoms with E-state index in [9.17, 15) is 4.79 Å². The summed E-state index contributed by atoms with van der Waals surface area (Å²) in [5.74, 6) is 0. The monoisotopic (exact) mass is 284 g/mol. The van der Waals surface area contributed by atoms with Gasteiger partial charge in [-0.3, -0.25) is 0 Å². The standard InChI is InChI=1S/C18H21OP/c19-15-9-1-2-10-16-20(17-11-5-3-6-12-17)18-13-7-4-8-14-18/h3-8,11-15H,1-2,9-10,16H2. The van der Waals surface area contributed by atoms with Crippen molar-refractivity contribution in [1.29, 1.82) is 0 Å². The van der Waals surface area contributed by atoms with Gasteiger partial charge in [-0.1, -0.05) is 67.1 Å². The highest BCUT2D eigenvalue weighted by molar-refractivity contribution is 7.73. The van der Waals surface area contributed by atoms with Crippen LogP contribution in [0.25, 0.3) is 0 Å². The van der Waals surface area contributed by atoms with Crippen LogP contribution in [0.15, 0.2) is 60.7 Å². The molecule has 0 radical (unpaired) electrons. The topological polar surface area (TPSA) is 17.1 Å². The van der Waals surface area contributed by atoms with Gasteiger partial charge in [-0.15, -0.1) is 0 Å². The van der Waals surface area contributed by atoms with Crippen molar-refractivity contribution in [2.24, 2.45) is 0 Å². The molecule has 2 heteroatoms. The third kappa shape index (κ3) is 4.58. The van der Waals surface area contributed by atoms with E-state index in [-0.39, 0.29) is 7.92 Å². The van der Waals surface area contributed by atoms with Crippen LogP contribution in [-0.2, 0) is 4.79 Å². The number of benzene rings is 2. The van der Waals surface area contributed by atoms with E-state index in [0.717, 1.165) is 19.1 Å². The number of rotatable bonds is 8. The molecule has 0 aliphatic rings. The smallest absolute Gasteiger partial charge is 0.119 e. The number of carbonyl (C=O) groups is 1. The molecule has 0 amide bonds. The molecule has 0 aromatic heterocycles. The maximum atomic E-state index is 10.3. The number of carbonyl (C=O) groups excluding carboxylic acids is 1. The number of hydrogen-bond acceptors (Lipinski definition) is 1. The molecular formula is C18H21OP. The highest BCUT2D eigenvalue weighted by atomic mass is 31.1. The van der Waals surface area contributed by atoms with Gasteiger partial charge in [0.1, 0.15) is 6.29 Å². The average molecular weight is 284 g/mol. The maximum Gasteiger partial charge on any atom is 0.119 e. The van der Waals surface area contributed by atoms with Crippen LogP contribution in [0.1, 0.15) is 25.7 Å². The van der Waals surface area contributed by atoms with Gasteiger partial charge in [0.2, 0.25) is 0 Å². The van der Waals surface area contributed by atoms with Crippen LogP contribution < -0.4 is 10.6 Å². The molecule has 0 unspecified atom stereocenters. The van der Waals surface area contributed by atoms with Gasteiger partial charge in [-0.2, -0.15) is 0 Å². The summed E-state index contributed by atoms with van der Waals surface area (Å²) in [6.07, 6.45) is 6.31. The molecule has 0 fully saturated rings. The Morgan fingerprint density at radius 1 is 0.750 bits per heavy atom. The number of aldehydes is 1. The minimum absolute atomic E-state index is 0.260. The van der Waals surface area contributed by atoms with E-state index in [1.807, 2.05) is 0 Å². The van der Waals surface area contributed by atoms with Crippen LogP contribution in [0.5, 0.6) is 0 Å². The quantitative estimate of drug-likeness (QED) is 0.408. The molecule has 0 aliphatic carbocycles.